The average Bonchev–Trinajstić information content (AvgIpc) is 2.83. The van der Waals surface area contributed by atoms with Crippen LogP contribution in [0.3, 0.4) is 0 Å². The maximum Gasteiger partial charge on any atom is 0.309 e. The van der Waals surface area contributed by atoms with Crippen molar-refractivity contribution in [3.63, 3.8) is 0 Å². The minimum absolute atomic E-state index is 0.00660. The van der Waals surface area contributed by atoms with E-state index in [0.29, 0.717) is 25.9 Å². The van der Waals surface area contributed by atoms with Crippen molar-refractivity contribution in [3.8, 4) is 0 Å². The van der Waals surface area contributed by atoms with Gasteiger partial charge in [-0.15, -0.1) is 0 Å². The number of hydrogen-bond donors (Lipinski definition) is 1. The van der Waals surface area contributed by atoms with E-state index in [4.69, 9.17) is 11.6 Å². The smallest absolute Gasteiger partial charge is 0.309 e. The van der Waals surface area contributed by atoms with Gasteiger partial charge < -0.3 is 14.9 Å². The fourth-order valence-electron chi connectivity index (χ4n) is 3.89. The Morgan fingerprint density at radius 1 is 1.32 bits per heavy atom. The summed E-state index contributed by atoms with van der Waals surface area (Å²) < 4.78 is 13.3. The number of aliphatic carboxylic acids is 1. The monoisotopic (exact) mass is 368 g/mol. The predicted molar refractivity (Wildman–Crippen MR) is 87.8 cm³/mol. The van der Waals surface area contributed by atoms with Gasteiger partial charge in [0.15, 0.2) is 0 Å². The number of halogens is 2. The molecule has 0 bridgehead atoms. The van der Waals surface area contributed by atoms with Gasteiger partial charge in [-0.3, -0.25) is 14.4 Å². The first-order chi connectivity index (χ1) is 11.8. The molecule has 6 nitrogen and oxygen atoms in total. The Bertz CT molecular complexity index is 746. The first kappa shape index (κ1) is 17.7. The van der Waals surface area contributed by atoms with Gasteiger partial charge in [-0.05, 0) is 31.0 Å². The second-order valence-corrected chi connectivity index (χ2v) is 6.98. The number of carboxylic acids is 1. The molecule has 0 saturated carbocycles. The molecule has 1 spiro atoms. The molecule has 0 unspecified atom stereocenters. The van der Waals surface area contributed by atoms with E-state index in [0.717, 1.165) is 6.07 Å². The molecule has 2 aliphatic heterocycles. The van der Waals surface area contributed by atoms with Gasteiger partial charge in [-0.1, -0.05) is 11.6 Å². The van der Waals surface area contributed by atoms with Crippen molar-refractivity contribution < 1.29 is 23.9 Å². The quantitative estimate of drug-likeness (QED) is 0.866. The van der Waals surface area contributed by atoms with Crippen LogP contribution in [0.2, 0.25) is 5.02 Å². The molecule has 2 amide bonds. The Balaban J connectivity index is 1.76. The lowest BCUT2D eigenvalue weighted by Crippen LogP contribution is -2.56. The molecule has 134 valence electrons. The van der Waals surface area contributed by atoms with Crippen LogP contribution in [0.1, 0.15) is 29.6 Å². The van der Waals surface area contributed by atoms with Crippen LogP contribution in [0.4, 0.5) is 4.39 Å². The Morgan fingerprint density at radius 2 is 1.96 bits per heavy atom. The van der Waals surface area contributed by atoms with Gasteiger partial charge in [-0.2, -0.15) is 0 Å². The van der Waals surface area contributed by atoms with Crippen molar-refractivity contribution >= 4 is 29.4 Å². The fourth-order valence-corrected chi connectivity index (χ4v) is 4.07. The number of piperidine rings is 1. The first-order valence-electron chi connectivity index (χ1n) is 8.00. The van der Waals surface area contributed by atoms with E-state index in [1.807, 2.05) is 0 Å². The number of benzene rings is 1. The number of likely N-dealkylation sites (tertiary alicyclic amines) is 2. The zero-order valence-corrected chi connectivity index (χ0v) is 14.4. The minimum Gasteiger partial charge on any atom is -0.481 e. The van der Waals surface area contributed by atoms with Crippen LogP contribution in [0.5, 0.6) is 0 Å². The van der Waals surface area contributed by atoms with Crippen LogP contribution < -0.4 is 0 Å². The molecule has 1 atom stereocenters. The van der Waals surface area contributed by atoms with Gasteiger partial charge in [0.05, 0.1) is 16.5 Å². The normalized spacial score (nSPS) is 22.5. The largest absolute Gasteiger partial charge is 0.481 e. The molecule has 0 radical (unpaired) electrons. The molecule has 1 N–H and O–H groups in total. The zero-order valence-electron chi connectivity index (χ0n) is 13.7. The molecule has 0 aromatic heterocycles. The van der Waals surface area contributed by atoms with Crippen LogP contribution in [0, 0.1) is 11.7 Å². The number of nitrogens with zero attached hydrogens (tertiary/aromatic N) is 2. The van der Waals surface area contributed by atoms with Gasteiger partial charge in [0.1, 0.15) is 5.82 Å². The molecule has 0 aliphatic carbocycles. The Morgan fingerprint density at radius 3 is 2.52 bits per heavy atom. The summed E-state index contributed by atoms with van der Waals surface area (Å²) in [4.78, 5) is 39.3. The van der Waals surface area contributed by atoms with Gasteiger partial charge in [-0.25, -0.2) is 4.39 Å². The molecule has 2 aliphatic rings. The topological polar surface area (TPSA) is 77.9 Å². The maximum atomic E-state index is 13.3. The van der Waals surface area contributed by atoms with E-state index >= 15 is 0 Å². The van der Waals surface area contributed by atoms with E-state index in [9.17, 15) is 23.9 Å². The summed E-state index contributed by atoms with van der Waals surface area (Å²) in [5, 5.41) is 9.35. The van der Waals surface area contributed by atoms with Crippen LogP contribution in [0.15, 0.2) is 18.2 Å². The molecule has 1 aromatic rings. The van der Waals surface area contributed by atoms with E-state index in [-0.39, 0.29) is 28.8 Å². The van der Waals surface area contributed by atoms with Gasteiger partial charge >= 0.3 is 5.97 Å². The van der Waals surface area contributed by atoms with Crippen molar-refractivity contribution in [1.82, 2.24) is 9.80 Å². The first-order valence-corrected chi connectivity index (χ1v) is 8.38. The molecule has 1 aromatic carbocycles. The zero-order chi connectivity index (χ0) is 18.4. The molecular weight excluding hydrogens is 351 g/mol. The van der Waals surface area contributed by atoms with E-state index < -0.39 is 23.2 Å². The number of rotatable bonds is 2. The van der Waals surface area contributed by atoms with Crippen LogP contribution in [0.25, 0.3) is 0 Å². The van der Waals surface area contributed by atoms with Crippen molar-refractivity contribution in [3.05, 3.63) is 34.6 Å². The van der Waals surface area contributed by atoms with Gasteiger partial charge in [0.25, 0.3) is 5.91 Å². The maximum absolute atomic E-state index is 13.3. The Kier molecular flexibility index (Phi) is 4.45. The van der Waals surface area contributed by atoms with Crippen molar-refractivity contribution in [2.45, 2.75) is 24.8 Å². The molecule has 25 heavy (non-hydrogen) atoms. The van der Waals surface area contributed by atoms with E-state index in [2.05, 4.69) is 0 Å². The number of hydrogen-bond acceptors (Lipinski definition) is 3. The van der Waals surface area contributed by atoms with E-state index in [1.165, 1.54) is 17.0 Å². The molecule has 2 heterocycles. The summed E-state index contributed by atoms with van der Waals surface area (Å²) >= 11 is 5.73. The summed E-state index contributed by atoms with van der Waals surface area (Å²) in [6, 6.07) is 3.80. The lowest BCUT2D eigenvalue weighted by atomic mass is 9.77. The minimum atomic E-state index is -0.984. The highest BCUT2D eigenvalue weighted by Gasteiger charge is 2.55. The number of amides is 2. The third-order valence-electron chi connectivity index (χ3n) is 5.45. The average molecular weight is 369 g/mol. The fraction of sp³-hybridized carbons (Fsp3) is 0.471. The third kappa shape index (κ3) is 2.86. The summed E-state index contributed by atoms with van der Waals surface area (Å²) in [5.41, 5.74) is -0.465. The lowest BCUT2D eigenvalue weighted by Gasteiger charge is -2.45. The third-order valence-corrected chi connectivity index (χ3v) is 5.74. The highest BCUT2D eigenvalue weighted by atomic mass is 35.5. The summed E-state index contributed by atoms with van der Waals surface area (Å²) in [5.74, 6) is -2.80. The van der Waals surface area contributed by atoms with Crippen molar-refractivity contribution in [2.75, 3.05) is 20.1 Å². The number of carbonyl (C=O) groups is 3. The summed E-state index contributed by atoms with van der Waals surface area (Å²) in [6.07, 6.45) is 0.785. The molecule has 2 saturated heterocycles. The summed E-state index contributed by atoms with van der Waals surface area (Å²) in [6.45, 7) is 0.657. The van der Waals surface area contributed by atoms with Gasteiger partial charge in [0, 0.05) is 32.1 Å². The predicted octanol–water partition coefficient (Wildman–Crippen LogP) is 2.02. The van der Waals surface area contributed by atoms with Crippen molar-refractivity contribution in [2.24, 2.45) is 5.92 Å². The Labute approximate surface area is 149 Å². The Hall–Kier alpha value is -2.15. The molecule has 2 fully saturated rings. The number of carbonyl (C=O) groups excluding carboxylic acids is 2. The second kappa shape index (κ2) is 6.29. The van der Waals surface area contributed by atoms with Crippen LogP contribution >= 0.6 is 11.6 Å². The SMILES string of the molecule is CN1C(=O)C[C@H](C(=O)O)C12CCN(C(=O)c1ccc(F)c(Cl)c1)CC2. The molecular formula is C17H18ClFN2O4. The molecule has 8 heteroatoms. The highest BCUT2D eigenvalue weighted by Crippen LogP contribution is 2.43. The number of carboxylic acid groups (broad SMARTS) is 1. The van der Waals surface area contributed by atoms with Crippen molar-refractivity contribution in [1.29, 1.82) is 0 Å². The van der Waals surface area contributed by atoms with Gasteiger partial charge in [0.2, 0.25) is 5.91 Å². The highest BCUT2D eigenvalue weighted by molar-refractivity contribution is 6.31. The summed E-state index contributed by atoms with van der Waals surface area (Å²) in [7, 11) is 1.63. The standard InChI is InChI=1S/C17H18ClFN2O4/c1-20-14(22)9-11(16(24)25)17(20)4-6-21(7-5-17)15(23)10-2-3-13(19)12(18)8-10/h2-3,8,11H,4-7,9H2,1H3,(H,24,25)/t11-/m1/s1. The van der Waals surface area contributed by atoms with Crippen LogP contribution in [-0.2, 0) is 9.59 Å². The van der Waals surface area contributed by atoms with Crippen LogP contribution in [-0.4, -0.2) is 58.4 Å². The molecule has 3 rings (SSSR count). The van der Waals surface area contributed by atoms with E-state index in [1.54, 1.807) is 11.9 Å². The second-order valence-electron chi connectivity index (χ2n) is 6.57. The lowest BCUT2D eigenvalue weighted by molar-refractivity contribution is -0.145.